The maximum Gasteiger partial charge on any atom is 0.419 e. The summed E-state index contributed by atoms with van der Waals surface area (Å²) in [5.41, 5.74) is -1.80. The van der Waals surface area contributed by atoms with Crippen molar-refractivity contribution in [2.75, 3.05) is 0 Å². The van der Waals surface area contributed by atoms with Gasteiger partial charge in [-0.25, -0.2) is 4.98 Å². The molecular weight excluding hydrogens is 263 g/mol. The lowest BCUT2D eigenvalue weighted by molar-refractivity contribution is -0.383. The minimum absolute atomic E-state index is 0.0605. The van der Waals surface area contributed by atoms with E-state index in [1.165, 1.54) is 0 Å². The van der Waals surface area contributed by atoms with Gasteiger partial charge in [0, 0.05) is 6.20 Å². The van der Waals surface area contributed by atoms with Gasteiger partial charge in [0.1, 0.15) is 11.0 Å². The van der Waals surface area contributed by atoms with Crippen LogP contribution in [0.2, 0.25) is 5.02 Å². The Labute approximate surface area is 96.4 Å². The van der Waals surface area contributed by atoms with Crippen LogP contribution in [0.15, 0.2) is 12.4 Å². The molecule has 0 atom stereocenters. The highest BCUT2D eigenvalue weighted by Crippen LogP contribution is 2.40. The molecule has 0 aliphatic carbocycles. The molecule has 0 aliphatic rings. The summed E-state index contributed by atoms with van der Waals surface area (Å²) < 4.78 is 37.5. The SMILES string of the molecule is O=[N+]([O-])c1c[nH]c2ncc(C(F)(F)F)c(Cl)c12. The van der Waals surface area contributed by atoms with Gasteiger partial charge < -0.3 is 4.98 Å². The van der Waals surface area contributed by atoms with Crippen molar-refractivity contribution in [2.45, 2.75) is 6.18 Å². The predicted octanol–water partition coefficient (Wildman–Crippen LogP) is 3.14. The first-order valence-corrected chi connectivity index (χ1v) is 4.57. The molecule has 0 spiro atoms. The summed E-state index contributed by atoms with van der Waals surface area (Å²) in [4.78, 5) is 15.6. The van der Waals surface area contributed by atoms with E-state index in [4.69, 9.17) is 11.6 Å². The molecule has 2 aromatic heterocycles. The molecule has 0 saturated carbocycles. The fraction of sp³-hybridized carbons (Fsp3) is 0.125. The Morgan fingerprint density at radius 3 is 2.65 bits per heavy atom. The van der Waals surface area contributed by atoms with Crippen molar-refractivity contribution in [2.24, 2.45) is 0 Å². The van der Waals surface area contributed by atoms with Crippen molar-refractivity contribution in [1.82, 2.24) is 9.97 Å². The van der Waals surface area contributed by atoms with Crippen LogP contribution in [0, 0.1) is 10.1 Å². The smallest absolute Gasteiger partial charge is 0.340 e. The summed E-state index contributed by atoms with van der Waals surface area (Å²) in [5, 5.41) is 9.54. The second-order valence-corrected chi connectivity index (χ2v) is 3.52. The molecular formula is C8H3ClF3N3O2. The summed E-state index contributed by atoms with van der Waals surface area (Å²) in [7, 11) is 0. The van der Waals surface area contributed by atoms with E-state index in [1.54, 1.807) is 0 Å². The summed E-state index contributed by atoms with van der Waals surface area (Å²) in [6.07, 6.45) is -3.22. The number of hydrogen-bond donors (Lipinski definition) is 1. The van der Waals surface area contributed by atoms with E-state index >= 15 is 0 Å². The Bertz CT molecular complexity index is 608. The lowest BCUT2D eigenvalue weighted by Gasteiger charge is -2.07. The number of H-pyrrole nitrogens is 1. The maximum atomic E-state index is 12.5. The number of aromatic amines is 1. The zero-order valence-electron chi connectivity index (χ0n) is 7.88. The van der Waals surface area contributed by atoms with E-state index in [9.17, 15) is 23.3 Å². The molecule has 0 saturated heterocycles. The first kappa shape index (κ1) is 11.6. The van der Waals surface area contributed by atoms with E-state index in [2.05, 4.69) is 9.97 Å². The number of nitrogens with zero attached hydrogens (tertiary/aromatic N) is 2. The zero-order valence-corrected chi connectivity index (χ0v) is 8.63. The van der Waals surface area contributed by atoms with Gasteiger partial charge in [0.15, 0.2) is 0 Å². The van der Waals surface area contributed by atoms with E-state index in [0.717, 1.165) is 6.20 Å². The van der Waals surface area contributed by atoms with Gasteiger partial charge >= 0.3 is 6.18 Å². The molecule has 17 heavy (non-hydrogen) atoms. The van der Waals surface area contributed by atoms with Crippen molar-refractivity contribution >= 4 is 28.3 Å². The molecule has 1 N–H and O–H groups in total. The van der Waals surface area contributed by atoms with Gasteiger partial charge in [0.25, 0.3) is 5.69 Å². The molecule has 2 rings (SSSR count). The quantitative estimate of drug-likeness (QED) is 0.636. The number of rotatable bonds is 1. The Balaban J connectivity index is 2.82. The molecule has 0 unspecified atom stereocenters. The van der Waals surface area contributed by atoms with Crippen LogP contribution in [0.1, 0.15) is 5.56 Å². The standard InChI is InChI=1S/C8H3ClF3N3O2/c9-6-3(8(10,11)12)1-13-7-5(6)4(2-14-7)15(16)17/h1-2H,(H,13,14). The van der Waals surface area contributed by atoms with Gasteiger partial charge in [-0.1, -0.05) is 11.6 Å². The minimum Gasteiger partial charge on any atom is -0.340 e. The molecule has 0 radical (unpaired) electrons. The number of halogens is 4. The predicted molar refractivity (Wildman–Crippen MR) is 52.8 cm³/mol. The molecule has 0 amide bonds. The number of fused-ring (bicyclic) bond motifs is 1. The van der Waals surface area contributed by atoms with Crippen LogP contribution in [-0.4, -0.2) is 14.9 Å². The van der Waals surface area contributed by atoms with Crippen LogP contribution in [0.4, 0.5) is 18.9 Å². The van der Waals surface area contributed by atoms with E-state index in [-0.39, 0.29) is 11.0 Å². The second-order valence-electron chi connectivity index (χ2n) is 3.14. The summed E-state index contributed by atoms with van der Waals surface area (Å²) in [6.45, 7) is 0. The highest BCUT2D eigenvalue weighted by Gasteiger charge is 2.36. The van der Waals surface area contributed by atoms with Crippen molar-refractivity contribution < 1.29 is 18.1 Å². The lowest BCUT2D eigenvalue weighted by atomic mass is 10.2. The minimum atomic E-state index is -4.70. The first-order valence-electron chi connectivity index (χ1n) is 4.19. The number of nitro groups is 1. The van der Waals surface area contributed by atoms with Crippen molar-refractivity contribution in [1.29, 1.82) is 0 Å². The van der Waals surface area contributed by atoms with Crippen LogP contribution in [-0.2, 0) is 6.18 Å². The Hall–Kier alpha value is -1.83. The zero-order chi connectivity index (χ0) is 12.8. The third kappa shape index (κ3) is 1.80. The van der Waals surface area contributed by atoms with E-state index in [1.807, 2.05) is 0 Å². The summed E-state index contributed by atoms with van der Waals surface area (Å²) in [5.74, 6) is 0. The highest BCUT2D eigenvalue weighted by atomic mass is 35.5. The number of aromatic nitrogens is 2. The molecule has 9 heteroatoms. The van der Waals surface area contributed by atoms with E-state index < -0.39 is 27.4 Å². The molecule has 0 aliphatic heterocycles. The Kier molecular flexibility index (Phi) is 2.46. The average molecular weight is 266 g/mol. The van der Waals surface area contributed by atoms with Crippen molar-refractivity contribution in [3.8, 4) is 0 Å². The summed E-state index contributed by atoms with van der Waals surface area (Å²) >= 11 is 5.53. The third-order valence-corrected chi connectivity index (χ3v) is 2.51. The van der Waals surface area contributed by atoms with Crippen LogP contribution >= 0.6 is 11.6 Å². The molecule has 2 aromatic rings. The largest absolute Gasteiger partial charge is 0.419 e. The number of pyridine rings is 1. The van der Waals surface area contributed by atoms with Crippen molar-refractivity contribution in [3.63, 3.8) is 0 Å². The average Bonchev–Trinajstić information content (AvgIpc) is 2.60. The number of alkyl halides is 3. The van der Waals surface area contributed by atoms with Crippen LogP contribution < -0.4 is 0 Å². The van der Waals surface area contributed by atoms with Crippen molar-refractivity contribution in [3.05, 3.63) is 33.1 Å². The highest BCUT2D eigenvalue weighted by molar-refractivity contribution is 6.37. The number of nitrogens with one attached hydrogen (secondary N) is 1. The third-order valence-electron chi connectivity index (χ3n) is 2.12. The van der Waals surface area contributed by atoms with Gasteiger partial charge in [-0.15, -0.1) is 0 Å². The van der Waals surface area contributed by atoms with Gasteiger partial charge in [0.2, 0.25) is 0 Å². The van der Waals surface area contributed by atoms with Crippen LogP contribution in [0.5, 0.6) is 0 Å². The molecule has 2 heterocycles. The van der Waals surface area contributed by atoms with Gasteiger partial charge in [-0.05, 0) is 0 Å². The fourth-order valence-electron chi connectivity index (χ4n) is 1.38. The van der Waals surface area contributed by atoms with Gasteiger partial charge in [0.05, 0.1) is 21.7 Å². The molecule has 0 aromatic carbocycles. The molecule has 5 nitrogen and oxygen atoms in total. The van der Waals surface area contributed by atoms with Gasteiger partial charge in [-0.2, -0.15) is 13.2 Å². The topological polar surface area (TPSA) is 71.8 Å². The fourth-order valence-corrected chi connectivity index (χ4v) is 1.72. The Morgan fingerprint density at radius 2 is 2.12 bits per heavy atom. The Morgan fingerprint density at radius 1 is 1.47 bits per heavy atom. The normalized spacial score (nSPS) is 12.0. The summed E-state index contributed by atoms with van der Waals surface area (Å²) in [6, 6.07) is 0. The number of hydrogen-bond acceptors (Lipinski definition) is 3. The van der Waals surface area contributed by atoms with Crippen LogP contribution in [0.25, 0.3) is 11.0 Å². The molecule has 90 valence electrons. The monoisotopic (exact) mass is 265 g/mol. The van der Waals surface area contributed by atoms with Gasteiger partial charge in [-0.3, -0.25) is 10.1 Å². The maximum absolute atomic E-state index is 12.5. The molecule has 0 bridgehead atoms. The first-order chi connectivity index (χ1) is 7.82. The second kappa shape index (κ2) is 3.59. The van der Waals surface area contributed by atoms with Crippen LogP contribution in [0.3, 0.4) is 0 Å². The van der Waals surface area contributed by atoms with E-state index in [0.29, 0.717) is 6.20 Å². The lowest BCUT2D eigenvalue weighted by Crippen LogP contribution is -2.06. The molecule has 0 fully saturated rings.